The maximum absolute atomic E-state index is 12.0. The van der Waals surface area contributed by atoms with Crippen molar-refractivity contribution < 1.29 is 14.0 Å². The zero-order valence-electron chi connectivity index (χ0n) is 21.8. The monoisotopic (exact) mass is 506 g/mol. The van der Waals surface area contributed by atoms with Crippen LogP contribution < -0.4 is 10.5 Å². The third-order valence-corrected chi connectivity index (χ3v) is 8.02. The number of nitrogens with zero attached hydrogens (tertiary/aromatic N) is 4. The molecular formula is C26H34N6O3Si. The fourth-order valence-corrected chi connectivity index (χ4v) is 4.62. The van der Waals surface area contributed by atoms with Crippen LogP contribution in [-0.2, 0) is 11.0 Å². The summed E-state index contributed by atoms with van der Waals surface area (Å²) < 4.78 is 13.9. The largest absolute Gasteiger partial charge is 0.491 e. The number of H-pyrrole nitrogens is 1. The number of nitrogens with one attached hydrogen (secondary N) is 1. The molecule has 0 aliphatic carbocycles. The van der Waals surface area contributed by atoms with E-state index < -0.39 is 5.91 Å². The van der Waals surface area contributed by atoms with Crippen molar-refractivity contribution in [3.8, 4) is 17.3 Å². The van der Waals surface area contributed by atoms with Crippen LogP contribution in [0.2, 0.25) is 5.04 Å². The van der Waals surface area contributed by atoms with Gasteiger partial charge in [-0.3, -0.25) is 9.48 Å². The predicted molar refractivity (Wildman–Crippen MR) is 142 cm³/mol. The van der Waals surface area contributed by atoms with Crippen LogP contribution in [0.15, 0.2) is 24.4 Å². The van der Waals surface area contributed by atoms with Crippen LogP contribution >= 0.6 is 0 Å². The van der Waals surface area contributed by atoms with Crippen molar-refractivity contribution in [3.05, 3.63) is 35.7 Å². The van der Waals surface area contributed by atoms with Gasteiger partial charge in [-0.05, 0) is 43.0 Å². The van der Waals surface area contributed by atoms with Gasteiger partial charge in [0.05, 0.1) is 17.8 Å². The van der Waals surface area contributed by atoms with Crippen molar-refractivity contribution >= 4 is 37.6 Å². The standard InChI is InChI=1S/C26H34N6O3Si/c1-7-32-20(11-16(4)31-32)25-28-14-19-18-12-17(23(27)33)13-21(22(18)29-24(19)30-25)34-9-8-10-35-36-26(5,6)15(2)3/h11-15H,7-10H2,1-6H3,(H2,27,33)(H,28,29,30). The summed E-state index contributed by atoms with van der Waals surface area (Å²) in [6.45, 7) is 14.6. The number of hydrogen-bond acceptors (Lipinski definition) is 6. The minimum Gasteiger partial charge on any atom is -0.491 e. The quantitative estimate of drug-likeness (QED) is 0.225. The van der Waals surface area contributed by atoms with Gasteiger partial charge in [-0.2, -0.15) is 5.10 Å². The highest BCUT2D eigenvalue weighted by Gasteiger charge is 2.24. The lowest BCUT2D eigenvalue weighted by atomic mass is 9.99. The van der Waals surface area contributed by atoms with Crippen LogP contribution in [-0.4, -0.2) is 53.6 Å². The number of aryl methyl sites for hydroxylation is 2. The molecule has 3 aromatic heterocycles. The number of primary amides is 1. The average Bonchev–Trinajstić information content (AvgIpc) is 3.40. The normalized spacial score (nSPS) is 12.2. The lowest BCUT2D eigenvalue weighted by molar-refractivity contribution is 0.1000. The Balaban J connectivity index is 1.58. The Labute approximate surface area is 213 Å². The number of carbonyl (C=O) groups is 1. The molecule has 0 unspecified atom stereocenters. The van der Waals surface area contributed by atoms with Crippen LogP contribution in [0.25, 0.3) is 33.5 Å². The van der Waals surface area contributed by atoms with E-state index in [1.807, 2.05) is 24.6 Å². The molecule has 3 N–H and O–H groups in total. The number of ether oxygens (including phenoxy) is 1. The van der Waals surface area contributed by atoms with E-state index in [1.165, 1.54) is 0 Å². The molecular weight excluding hydrogens is 472 g/mol. The molecule has 2 radical (unpaired) electrons. The second-order valence-electron chi connectivity index (χ2n) is 9.86. The highest BCUT2D eigenvalue weighted by atomic mass is 28.2. The molecule has 0 saturated heterocycles. The summed E-state index contributed by atoms with van der Waals surface area (Å²) in [6.07, 6.45) is 2.49. The average molecular weight is 507 g/mol. The molecule has 190 valence electrons. The number of carbonyl (C=O) groups excluding carboxylic acids is 1. The predicted octanol–water partition coefficient (Wildman–Crippen LogP) is 4.66. The molecule has 0 fully saturated rings. The Morgan fingerprint density at radius 2 is 2.00 bits per heavy atom. The minimum atomic E-state index is -0.517. The van der Waals surface area contributed by atoms with Crippen molar-refractivity contribution in [2.24, 2.45) is 11.7 Å². The second-order valence-corrected chi connectivity index (χ2v) is 11.6. The first-order chi connectivity index (χ1) is 17.1. The van der Waals surface area contributed by atoms with Crippen molar-refractivity contribution in [1.29, 1.82) is 0 Å². The zero-order valence-corrected chi connectivity index (χ0v) is 22.8. The summed E-state index contributed by atoms with van der Waals surface area (Å²) in [5.74, 6) is 1.17. The molecule has 0 aliphatic heterocycles. The Morgan fingerprint density at radius 3 is 2.69 bits per heavy atom. The van der Waals surface area contributed by atoms with Gasteiger partial charge in [0.25, 0.3) is 0 Å². The van der Waals surface area contributed by atoms with Gasteiger partial charge >= 0.3 is 0 Å². The van der Waals surface area contributed by atoms with Crippen molar-refractivity contribution in [2.45, 2.75) is 59.5 Å². The Kier molecular flexibility index (Phi) is 7.46. The van der Waals surface area contributed by atoms with Crippen LogP contribution in [0.3, 0.4) is 0 Å². The Hall–Kier alpha value is -3.24. The van der Waals surface area contributed by atoms with E-state index in [9.17, 15) is 4.79 Å². The Bertz CT molecular complexity index is 1390. The van der Waals surface area contributed by atoms with Gasteiger partial charge in [-0.1, -0.05) is 27.7 Å². The number of benzene rings is 1. The van der Waals surface area contributed by atoms with Crippen LogP contribution in [0.5, 0.6) is 5.75 Å². The topological polar surface area (TPSA) is 121 Å². The molecule has 0 spiro atoms. The molecule has 4 aromatic rings. The summed E-state index contributed by atoms with van der Waals surface area (Å²) in [6, 6.07) is 5.40. The molecule has 0 saturated carbocycles. The van der Waals surface area contributed by atoms with Gasteiger partial charge < -0.3 is 19.9 Å². The molecule has 1 amide bonds. The highest BCUT2D eigenvalue weighted by molar-refractivity contribution is 6.32. The number of aromatic nitrogens is 5. The summed E-state index contributed by atoms with van der Waals surface area (Å²) in [4.78, 5) is 24.7. The van der Waals surface area contributed by atoms with Crippen LogP contribution in [0, 0.1) is 12.8 Å². The summed E-state index contributed by atoms with van der Waals surface area (Å²) in [5, 5.41) is 6.23. The van der Waals surface area contributed by atoms with E-state index in [0.29, 0.717) is 51.7 Å². The lowest BCUT2D eigenvalue weighted by Crippen LogP contribution is -2.22. The second kappa shape index (κ2) is 10.4. The Morgan fingerprint density at radius 1 is 1.22 bits per heavy atom. The SMILES string of the molecule is CCn1nc(C)cc1-c1ncc2c(n1)[nH]c1c(OCCCO[Si]C(C)(C)C(C)C)cc(C(N)=O)cc12. The summed E-state index contributed by atoms with van der Waals surface area (Å²) >= 11 is 0. The third-order valence-electron chi connectivity index (χ3n) is 6.57. The highest BCUT2D eigenvalue weighted by Crippen LogP contribution is 2.34. The minimum absolute atomic E-state index is 0.153. The fraction of sp³-hybridized carbons (Fsp3) is 0.462. The first-order valence-corrected chi connectivity index (χ1v) is 13.2. The van der Waals surface area contributed by atoms with E-state index >= 15 is 0 Å². The van der Waals surface area contributed by atoms with Crippen LogP contribution in [0.1, 0.15) is 57.1 Å². The molecule has 4 rings (SSSR count). The number of nitrogens with two attached hydrogens (primary N) is 1. The number of fused-ring (bicyclic) bond motifs is 3. The summed E-state index contributed by atoms with van der Waals surface area (Å²) in [7, 11) is 0.432. The fourth-order valence-electron chi connectivity index (χ4n) is 3.76. The van der Waals surface area contributed by atoms with Crippen molar-refractivity contribution in [3.63, 3.8) is 0 Å². The van der Waals surface area contributed by atoms with E-state index in [2.05, 4.69) is 42.8 Å². The van der Waals surface area contributed by atoms with Gasteiger partial charge in [0.2, 0.25) is 15.7 Å². The molecule has 0 atom stereocenters. The molecule has 0 aliphatic rings. The van der Waals surface area contributed by atoms with Gasteiger partial charge in [0.15, 0.2) is 5.82 Å². The van der Waals surface area contributed by atoms with Crippen molar-refractivity contribution in [2.75, 3.05) is 13.2 Å². The lowest BCUT2D eigenvalue weighted by Gasteiger charge is -2.27. The van der Waals surface area contributed by atoms with E-state index in [1.54, 1.807) is 18.3 Å². The van der Waals surface area contributed by atoms with Crippen molar-refractivity contribution in [1.82, 2.24) is 24.7 Å². The van der Waals surface area contributed by atoms with Gasteiger partial charge in [0, 0.05) is 42.1 Å². The third kappa shape index (κ3) is 5.29. The van der Waals surface area contributed by atoms with Crippen LogP contribution in [0.4, 0.5) is 0 Å². The number of aromatic amines is 1. The molecule has 0 bridgehead atoms. The smallest absolute Gasteiger partial charge is 0.248 e. The van der Waals surface area contributed by atoms with Gasteiger partial charge in [0.1, 0.15) is 17.1 Å². The first-order valence-electron chi connectivity index (χ1n) is 12.3. The summed E-state index contributed by atoms with van der Waals surface area (Å²) in [5.41, 5.74) is 9.16. The van der Waals surface area contributed by atoms with E-state index in [-0.39, 0.29) is 5.04 Å². The van der Waals surface area contributed by atoms with E-state index in [0.717, 1.165) is 40.6 Å². The molecule has 10 heteroatoms. The van der Waals surface area contributed by atoms with Gasteiger partial charge in [-0.15, -0.1) is 0 Å². The molecule has 1 aromatic carbocycles. The number of hydrogen-bond donors (Lipinski definition) is 2. The van der Waals surface area contributed by atoms with E-state index in [4.69, 9.17) is 19.9 Å². The molecule has 9 nitrogen and oxygen atoms in total. The zero-order chi connectivity index (χ0) is 26.0. The molecule has 3 heterocycles. The number of rotatable bonds is 11. The maximum Gasteiger partial charge on any atom is 0.248 e. The van der Waals surface area contributed by atoms with Gasteiger partial charge in [-0.25, -0.2) is 9.97 Å². The number of amides is 1. The maximum atomic E-state index is 12.0. The first kappa shape index (κ1) is 25.8. The molecule has 36 heavy (non-hydrogen) atoms.